The Balaban J connectivity index is 2.31. The predicted octanol–water partition coefficient (Wildman–Crippen LogP) is 3.66. The molecule has 0 fully saturated rings. The first-order chi connectivity index (χ1) is 13.2. The van der Waals surface area contributed by atoms with Gasteiger partial charge in [0.2, 0.25) is 5.91 Å². The van der Waals surface area contributed by atoms with Crippen molar-refractivity contribution in [2.24, 2.45) is 15.3 Å². The Hall–Kier alpha value is -3.47. The van der Waals surface area contributed by atoms with Crippen molar-refractivity contribution in [2.45, 2.75) is 4.90 Å². The lowest BCUT2D eigenvalue weighted by Gasteiger charge is -2.15. The monoisotopic (exact) mass is 403 g/mol. The highest BCUT2D eigenvalue weighted by atomic mass is 32.2. The lowest BCUT2D eigenvalue weighted by atomic mass is 10.2. The summed E-state index contributed by atoms with van der Waals surface area (Å²) in [5, 5.41) is 13.9. The number of amides is 1. The highest BCUT2D eigenvalue weighted by Crippen LogP contribution is 2.31. The molecule has 0 saturated heterocycles. The number of nitrogens with zero attached hydrogens (tertiary/aromatic N) is 6. The average Bonchev–Trinajstić information content (AvgIpc) is 2.64. The Morgan fingerprint density at radius 3 is 2.43 bits per heavy atom. The van der Waals surface area contributed by atoms with Gasteiger partial charge in [-0.2, -0.15) is 13.5 Å². The van der Waals surface area contributed by atoms with Gasteiger partial charge in [-0.1, -0.05) is 5.11 Å². The summed E-state index contributed by atoms with van der Waals surface area (Å²) < 4.78 is 31.1. The fraction of sp³-hybridized carbons (Fsp3) is 0.188. The van der Waals surface area contributed by atoms with Gasteiger partial charge in [0.25, 0.3) is 10.1 Å². The van der Waals surface area contributed by atoms with Crippen molar-refractivity contribution in [3.05, 3.63) is 52.9 Å². The van der Waals surface area contributed by atoms with Gasteiger partial charge < -0.3 is 10.2 Å². The zero-order chi connectivity index (χ0) is 20.7. The molecule has 1 amide bonds. The van der Waals surface area contributed by atoms with Crippen molar-refractivity contribution in [1.82, 2.24) is 0 Å². The zero-order valence-electron chi connectivity index (χ0n) is 15.0. The molecule has 0 bridgehead atoms. The molecule has 2 N–H and O–H groups in total. The SMILES string of the molecule is CN(C)c1ccc(/N=N/c2ccc(S(=O)(=O)O)cc2)c(NC(=O)CN=[N+]=[N-])c1. The van der Waals surface area contributed by atoms with E-state index in [9.17, 15) is 13.2 Å². The van der Waals surface area contributed by atoms with Crippen molar-refractivity contribution >= 4 is 38.8 Å². The third-order valence-electron chi connectivity index (χ3n) is 3.46. The lowest BCUT2D eigenvalue weighted by molar-refractivity contribution is -0.114. The molecule has 0 aliphatic heterocycles. The maximum Gasteiger partial charge on any atom is 0.294 e. The van der Waals surface area contributed by atoms with Crippen molar-refractivity contribution < 1.29 is 17.8 Å². The van der Waals surface area contributed by atoms with Crippen LogP contribution in [-0.4, -0.2) is 39.5 Å². The molecule has 12 heteroatoms. The second-order valence-corrected chi connectivity index (χ2v) is 7.12. The summed E-state index contributed by atoms with van der Waals surface area (Å²) >= 11 is 0. The number of hydrogen-bond acceptors (Lipinski definition) is 7. The summed E-state index contributed by atoms with van der Waals surface area (Å²) in [6.45, 7) is -0.365. The van der Waals surface area contributed by atoms with Crippen LogP contribution in [0.5, 0.6) is 0 Å². The first kappa shape index (κ1) is 20.8. The van der Waals surface area contributed by atoms with Gasteiger partial charge >= 0.3 is 0 Å². The maximum absolute atomic E-state index is 11.9. The average molecular weight is 403 g/mol. The minimum Gasteiger partial charge on any atom is -0.378 e. The van der Waals surface area contributed by atoms with E-state index >= 15 is 0 Å². The zero-order valence-corrected chi connectivity index (χ0v) is 15.8. The van der Waals surface area contributed by atoms with Gasteiger partial charge in [-0.15, -0.1) is 5.11 Å². The van der Waals surface area contributed by atoms with E-state index in [-0.39, 0.29) is 11.4 Å². The second kappa shape index (κ2) is 8.95. The first-order valence-electron chi connectivity index (χ1n) is 7.82. The van der Waals surface area contributed by atoms with Crippen molar-refractivity contribution in [3.63, 3.8) is 0 Å². The molecule has 0 aliphatic carbocycles. The topological polar surface area (TPSA) is 160 Å². The Morgan fingerprint density at radius 1 is 1.18 bits per heavy atom. The van der Waals surface area contributed by atoms with Gasteiger partial charge in [0.15, 0.2) is 0 Å². The van der Waals surface area contributed by atoms with E-state index < -0.39 is 16.0 Å². The van der Waals surface area contributed by atoms with E-state index in [1.165, 1.54) is 24.3 Å². The Labute approximate surface area is 161 Å². The molecule has 0 aromatic heterocycles. The van der Waals surface area contributed by atoms with Crippen LogP contribution in [0.1, 0.15) is 0 Å². The molecule has 2 aromatic carbocycles. The van der Waals surface area contributed by atoms with E-state index in [2.05, 4.69) is 25.6 Å². The van der Waals surface area contributed by atoms with Gasteiger partial charge in [-0.3, -0.25) is 9.35 Å². The molecule has 0 radical (unpaired) electrons. The highest BCUT2D eigenvalue weighted by molar-refractivity contribution is 7.85. The number of hydrogen-bond donors (Lipinski definition) is 2. The van der Waals surface area contributed by atoms with Crippen molar-refractivity contribution in [1.29, 1.82) is 0 Å². The largest absolute Gasteiger partial charge is 0.378 e. The van der Waals surface area contributed by atoms with Gasteiger partial charge in [-0.05, 0) is 48.0 Å². The molecular formula is C16H17N7O4S. The van der Waals surface area contributed by atoms with Crippen molar-refractivity contribution in [3.8, 4) is 0 Å². The quantitative estimate of drug-likeness (QED) is 0.312. The molecule has 11 nitrogen and oxygen atoms in total. The molecule has 0 heterocycles. The predicted molar refractivity (Wildman–Crippen MR) is 104 cm³/mol. The van der Waals surface area contributed by atoms with E-state index in [0.29, 0.717) is 17.1 Å². The first-order valence-corrected chi connectivity index (χ1v) is 9.26. The Bertz CT molecular complexity index is 1040. The standard InChI is InChI=1S/C16H17N7O4S/c1-23(2)12-5-8-14(15(9-12)19-16(24)10-18-22-17)21-20-11-3-6-13(7-4-11)28(25,26)27/h3-9H,10H2,1-2H3,(H,19,24)(H,25,26,27)/b21-20+. The third kappa shape index (κ3) is 5.77. The number of carbonyl (C=O) groups is 1. The molecule has 0 saturated carbocycles. The Kier molecular flexibility index (Phi) is 6.66. The van der Waals surface area contributed by atoms with E-state index in [1.807, 2.05) is 19.0 Å². The van der Waals surface area contributed by atoms with Crippen LogP contribution in [0.4, 0.5) is 22.7 Å². The van der Waals surface area contributed by atoms with Gasteiger partial charge in [0.05, 0.1) is 16.3 Å². The number of azo groups is 1. The molecule has 2 aromatic rings. The number of anilines is 2. The van der Waals surface area contributed by atoms with Gasteiger partial charge in [-0.25, -0.2) is 0 Å². The number of nitrogens with one attached hydrogen (secondary N) is 1. The van der Waals surface area contributed by atoms with Crippen LogP contribution in [0.25, 0.3) is 10.4 Å². The minimum absolute atomic E-state index is 0.257. The van der Waals surface area contributed by atoms with Crippen LogP contribution in [-0.2, 0) is 14.9 Å². The van der Waals surface area contributed by atoms with Crippen LogP contribution in [0, 0.1) is 0 Å². The lowest BCUT2D eigenvalue weighted by Crippen LogP contribution is -2.15. The minimum atomic E-state index is -4.29. The summed E-state index contributed by atoms with van der Waals surface area (Å²) in [4.78, 5) is 16.0. The van der Waals surface area contributed by atoms with Crippen LogP contribution < -0.4 is 10.2 Å². The highest BCUT2D eigenvalue weighted by Gasteiger charge is 2.10. The maximum atomic E-state index is 11.9. The summed E-state index contributed by atoms with van der Waals surface area (Å²) in [5.41, 5.74) is 10.2. The molecular weight excluding hydrogens is 386 g/mol. The fourth-order valence-electron chi connectivity index (χ4n) is 2.07. The Morgan fingerprint density at radius 2 is 1.86 bits per heavy atom. The molecule has 28 heavy (non-hydrogen) atoms. The van der Waals surface area contributed by atoms with Gasteiger partial charge in [0.1, 0.15) is 12.2 Å². The summed E-state index contributed by atoms with van der Waals surface area (Å²) in [6, 6.07) is 10.3. The number of rotatable bonds is 7. The van der Waals surface area contributed by atoms with Crippen LogP contribution in [0.2, 0.25) is 0 Å². The van der Waals surface area contributed by atoms with E-state index in [0.717, 1.165) is 5.69 Å². The number of benzene rings is 2. The number of carbonyl (C=O) groups excluding carboxylic acids is 1. The number of azide groups is 1. The van der Waals surface area contributed by atoms with E-state index in [1.54, 1.807) is 18.2 Å². The van der Waals surface area contributed by atoms with Crippen LogP contribution in [0.3, 0.4) is 0 Å². The molecule has 0 spiro atoms. The molecule has 0 unspecified atom stereocenters. The summed E-state index contributed by atoms with van der Waals surface area (Å²) in [5.74, 6) is -0.511. The van der Waals surface area contributed by atoms with E-state index in [4.69, 9.17) is 10.1 Å². The normalized spacial score (nSPS) is 11.1. The fourth-order valence-corrected chi connectivity index (χ4v) is 2.55. The van der Waals surface area contributed by atoms with Gasteiger partial charge in [0, 0.05) is 24.7 Å². The summed E-state index contributed by atoms with van der Waals surface area (Å²) in [6.07, 6.45) is 0. The smallest absolute Gasteiger partial charge is 0.294 e. The van der Waals surface area contributed by atoms with Crippen LogP contribution in [0.15, 0.2) is 62.7 Å². The second-order valence-electron chi connectivity index (χ2n) is 5.70. The summed E-state index contributed by atoms with van der Waals surface area (Å²) in [7, 11) is -0.622. The molecule has 146 valence electrons. The molecule has 2 rings (SSSR count). The van der Waals surface area contributed by atoms with Crippen molar-refractivity contribution in [2.75, 3.05) is 30.9 Å². The molecule has 0 atom stereocenters. The van der Waals surface area contributed by atoms with Crippen LogP contribution >= 0.6 is 0 Å². The third-order valence-corrected chi connectivity index (χ3v) is 4.32. The molecule has 0 aliphatic rings.